The molecule has 0 radical (unpaired) electrons. The van der Waals surface area contributed by atoms with Crippen molar-refractivity contribution < 1.29 is 13.2 Å². The average molecular weight is 467 g/mol. The molecular weight excluding hydrogens is 441 g/mol. The van der Waals surface area contributed by atoms with E-state index >= 15 is 0 Å². The minimum atomic E-state index is -4.44. The van der Waals surface area contributed by atoms with Crippen LogP contribution in [0.25, 0.3) is 28.1 Å². The second-order valence-electron chi connectivity index (χ2n) is 9.92. The van der Waals surface area contributed by atoms with Crippen molar-refractivity contribution in [2.75, 3.05) is 13.1 Å². The molecule has 34 heavy (non-hydrogen) atoms. The first-order chi connectivity index (χ1) is 16.2. The second kappa shape index (κ2) is 7.48. The number of alkyl halides is 3. The average Bonchev–Trinajstić information content (AvgIpc) is 3.45. The van der Waals surface area contributed by atoms with Crippen molar-refractivity contribution in [2.24, 2.45) is 5.73 Å². The minimum absolute atomic E-state index is 0.137. The van der Waals surface area contributed by atoms with Gasteiger partial charge in [0.1, 0.15) is 11.7 Å². The lowest BCUT2D eigenvalue weighted by molar-refractivity contribution is -0.184. The van der Waals surface area contributed by atoms with Crippen LogP contribution in [-0.2, 0) is 0 Å². The predicted octanol–water partition coefficient (Wildman–Crippen LogP) is 4.85. The smallest absolute Gasteiger partial charge is 0.324 e. The van der Waals surface area contributed by atoms with Gasteiger partial charge < -0.3 is 5.73 Å². The van der Waals surface area contributed by atoms with E-state index in [1.54, 1.807) is 17.4 Å². The Balaban J connectivity index is 1.45. The van der Waals surface area contributed by atoms with Crippen LogP contribution < -0.4 is 5.73 Å². The van der Waals surface area contributed by atoms with E-state index in [-0.39, 0.29) is 12.1 Å². The highest BCUT2D eigenvalue weighted by Gasteiger charge is 2.48. The number of para-hydroxylation sites is 1. The molecule has 0 bridgehead atoms. The maximum Gasteiger partial charge on any atom is 0.408 e. The highest BCUT2D eigenvalue weighted by molar-refractivity contribution is 5.84. The summed E-state index contributed by atoms with van der Waals surface area (Å²) in [5, 5.41) is 9.51. The van der Waals surface area contributed by atoms with Gasteiger partial charge in [-0.15, -0.1) is 10.2 Å². The van der Waals surface area contributed by atoms with Gasteiger partial charge in [-0.2, -0.15) is 13.2 Å². The zero-order valence-corrected chi connectivity index (χ0v) is 18.8. The van der Waals surface area contributed by atoms with Gasteiger partial charge in [0.15, 0.2) is 11.5 Å². The van der Waals surface area contributed by atoms with Crippen molar-refractivity contribution in [2.45, 2.75) is 49.9 Å². The van der Waals surface area contributed by atoms with E-state index in [1.807, 2.05) is 24.3 Å². The normalized spacial score (nSPS) is 22.6. The molecule has 0 amide bonds. The quantitative estimate of drug-likeness (QED) is 0.466. The first-order valence-electron chi connectivity index (χ1n) is 11.5. The third kappa shape index (κ3) is 3.73. The molecule has 6 rings (SSSR count). The third-order valence-corrected chi connectivity index (χ3v) is 6.95. The Bertz CT molecular complexity index is 1390. The summed E-state index contributed by atoms with van der Waals surface area (Å²) in [6, 6.07) is 11.3. The number of hydrogen-bond donors (Lipinski definition) is 1. The molecule has 1 aliphatic carbocycles. The van der Waals surface area contributed by atoms with Crippen molar-refractivity contribution in [3.63, 3.8) is 0 Å². The van der Waals surface area contributed by atoms with Crippen LogP contribution >= 0.6 is 0 Å². The maximum absolute atomic E-state index is 14.2. The number of aromatic nitrogens is 4. The fourth-order valence-corrected chi connectivity index (χ4v) is 5.11. The third-order valence-electron chi connectivity index (χ3n) is 6.95. The van der Waals surface area contributed by atoms with Gasteiger partial charge in [0.2, 0.25) is 0 Å². The Kier molecular flexibility index (Phi) is 4.73. The summed E-state index contributed by atoms with van der Waals surface area (Å²) >= 11 is 0. The van der Waals surface area contributed by atoms with Gasteiger partial charge in [0, 0.05) is 30.2 Å². The molecule has 0 unspecified atom stereocenters. The van der Waals surface area contributed by atoms with Gasteiger partial charge in [0.25, 0.3) is 0 Å². The molecule has 2 N–H and O–H groups in total. The molecule has 1 saturated heterocycles. The first kappa shape index (κ1) is 21.5. The van der Waals surface area contributed by atoms with Crippen molar-refractivity contribution in [3.8, 4) is 11.5 Å². The van der Waals surface area contributed by atoms with E-state index in [0.29, 0.717) is 36.0 Å². The number of hydrogen-bond acceptors (Lipinski definition) is 5. The summed E-state index contributed by atoms with van der Waals surface area (Å²) in [7, 11) is 0. The summed E-state index contributed by atoms with van der Waals surface area (Å²) in [6.07, 6.45) is -0.126. The lowest BCUT2D eigenvalue weighted by Gasteiger charge is -2.31. The first-order valence-corrected chi connectivity index (χ1v) is 11.5. The Morgan fingerprint density at radius 1 is 1.09 bits per heavy atom. The molecule has 2 atom stereocenters. The fourth-order valence-electron chi connectivity index (χ4n) is 5.11. The van der Waals surface area contributed by atoms with E-state index in [9.17, 15) is 13.2 Å². The van der Waals surface area contributed by atoms with E-state index in [2.05, 4.69) is 16.3 Å². The van der Waals surface area contributed by atoms with Crippen molar-refractivity contribution in [1.29, 1.82) is 0 Å². The molecule has 2 aliphatic rings. The summed E-state index contributed by atoms with van der Waals surface area (Å²) < 4.78 is 44.3. The van der Waals surface area contributed by atoms with E-state index < -0.39 is 17.8 Å². The molecule has 4 aromatic rings. The van der Waals surface area contributed by atoms with Crippen molar-refractivity contribution in [1.82, 2.24) is 24.5 Å². The fraction of sp³-hybridized carbons (Fsp3) is 0.400. The van der Waals surface area contributed by atoms with E-state index in [4.69, 9.17) is 10.7 Å². The minimum Gasteiger partial charge on any atom is -0.324 e. The Labute approximate surface area is 194 Å². The van der Waals surface area contributed by atoms with Gasteiger partial charge in [-0.25, -0.2) is 4.98 Å². The molecule has 1 aliphatic heterocycles. The number of likely N-dealkylation sites (tertiary alicyclic amines) is 1. The maximum atomic E-state index is 14.2. The summed E-state index contributed by atoms with van der Waals surface area (Å²) in [4.78, 5) is 6.29. The van der Waals surface area contributed by atoms with Gasteiger partial charge in [-0.05, 0) is 55.4 Å². The molecule has 1 saturated carbocycles. The Morgan fingerprint density at radius 2 is 1.91 bits per heavy atom. The molecule has 6 nitrogen and oxygen atoms in total. The molecule has 9 heteroatoms. The van der Waals surface area contributed by atoms with Crippen molar-refractivity contribution >= 4 is 16.6 Å². The lowest BCUT2D eigenvalue weighted by Crippen LogP contribution is -2.43. The number of fused-ring (bicyclic) bond motifs is 2. The number of nitrogens with zero attached hydrogens (tertiary/aromatic N) is 5. The van der Waals surface area contributed by atoms with Crippen LogP contribution in [0.1, 0.15) is 49.3 Å². The lowest BCUT2D eigenvalue weighted by atomic mass is 10.0. The number of pyridine rings is 2. The van der Waals surface area contributed by atoms with E-state index in [0.717, 1.165) is 23.7 Å². The van der Waals surface area contributed by atoms with Gasteiger partial charge in [-0.1, -0.05) is 30.3 Å². The molecule has 4 heterocycles. The summed E-state index contributed by atoms with van der Waals surface area (Å²) in [5.41, 5.74) is 8.84. The molecule has 0 spiro atoms. The summed E-state index contributed by atoms with van der Waals surface area (Å²) in [5.74, 6) is 0.949. The molecule has 2 fully saturated rings. The van der Waals surface area contributed by atoms with E-state index in [1.165, 1.54) is 22.7 Å². The molecule has 3 aromatic heterocycles. The van der Waals surface area contributed by atoms with Crippen LogP contribution in [0, 0.1) is 0 Å². The standard InChI is InChI=1S/C25H25F3N6/c1-24(29)11-12-33(14-24)22(25(26,27)28)17-8-10-20-31-32-23(34(20)13-17)19-9-7-16-3-2-4-18(15-5-6-15)21(16)30-19/h2-4,7-10,13,15,22H,5-6,11-12,14,29H2,1H3/t22-,24-/m1/s1. The van der Waals surface area contributed by atoms with Crippen LogP contribution in [0.15, 0.2) is 48.7 Å². The van der Waals surface area contributed by atoms with Crippen LogP contribution in [0.3, 0.4) is 0 Å². The Hall–Kier alpha value is -3.04. The van der Waals surface area contributed by atoms with Crippen LogP contribution in [0.4, 0.5) is 13.2 Å². The number of benzene rings is 1. The SMILES string of the molecule is C[C@@]1(N)CCN([C@H](c2ccc3nnc(-c4ccc5cccc(C6CC6)c5n4)n3c2)C(F)(F)F)C1. The second-order valence-corrected chi connectivity index (χ2v) is 9.92. The number of rotatable bonds is 4. The molecular formula is C25H25F3N6. The number of halogens is 3. The van der Waals surface area contributed by atoms with Gasteiger partial charge >= 0.3 is 6.18 Å². The van der Waals surface area contributed by atoms with Crippen molar-refractivity contribution in [3.05, 3.63) is 59.8 Å². The monoisotopic (exact) mass is 466 g/mol. The molecule has 176 valence electrons. The topological polar surface area (TPSA) is 72.3 Å². The van der Waals surface area contributed by atoms with Crippen LogP contribution in [0.5, 0.6) is 0 Å². The van der Waals surface area contributed by atoms with Crippen LogP contribution in [0.2, 0.25) is 0 Å². The van der Waals surface area contributed by atoms with Gasteiger partial charge in [0.05, 0.1) is 5.52 Å². The highest BCUT2D eigenvalue weighted by Crippen LogP contribution is 2.43. The Morgan fingerprint density at radius 3 is 2.62 bits per heavy atom. The summed E-state index contributed by atoms with van der Waals surface area (Å²) in [6.45, 7) is 2.27. The zero-order valence-electron chi connectivity index (χ0n) is 18.8. The molecule has 1 aromatic carbocycles. The predicted molar refractivity (Wildman–Crippen MR) is 123 cm³/mol. The largest absolute Gasteiger partial charge is 0.408 e. The van der Waals surface area contributed by atoms with Crippen LogP contribution in [-0.4, -0.2) is 49.3 Å². The number of nitrogens with two attached hydrogens (primary N) is 1. The van der Waals surface area contributed by atoms with Gasteiger partial charge in [-0.3, -0.25) is 9.30 Å². The zero-order chi connectivity index (χ0) is 23.7. The highest BCUT2D eigenvalue weighted by atomic mass is 19.4.